The van der Waals surface area contributed by atoms with E-state index in [2.05, 4.69) is 92.1 Å². The van der Waals surface area contributed by atoms with E-state index in [4.69, 9.17) is 28.4 Å². The summed E-state index contributed by atoms with van der Waals surface area (Å²) in [7, 11) is 0. The Labute approximate surface area is 655 Å². The Morgan fingerprint density at radius 2 is 0.639 bits per heavy atom. The molecule has 3 aliphatic rings. The van der Waals surface area contributed by atoms with Crippen molar-refractivity contribution in [1.29, 1.82) is 0 Å². The van der Waals surface area contributed by atoms with Crippen LogP contribution in [0, 0.1) is 0 Å². The summed E-state index contributed by atoms with van der Waals surface area (Å²) in [5, 5.41) is 121. The topological polar surface area (TPSA) is 307 Å². The molecule has 17 atom stereocenters. The lowest BCUT2D eigenvalue weighted by atomic mass is 9.96. The molecule has 0 aromatic heterocycles. The van der Waals surface area contributed by atoms with E-state index in [0.29, 0.717) is 12.8 Å². The first-order valence-corrected chi connectivity index (χ1v) is 44.2. The monoisotopic (exact) mass is 1530 g/mol. The first-order valence-electron chi connectivity index (χ1n) is 44.2. The molecule has 108 heavy (non-hydrogen) atoms. The van der Waals surface area contributed by atoms with E-state index >= 15 is 0 Å². The molecule has 19 nitrogen and oxygen atoms in total. The van der Waals surface area contributed by atoms with Crippen molar-refractivity contribution < 1.29 is 89.4 Å². The Hall–Kier alpha value is -2.77. The summed E-state index contributed by atoms with van der Waals surface area (Å²) in [5.74, 6) is -0.239. The van der Waals surface area contributed by atoms with Gasteiger partial charge >= 0.3 is 0 Å². The molecule has 0 radical (unpaired) electrons. The van der Waals surface area contributed by atoms with Gasteiger partial charge in [-0.15, -0.1) is 0 Å². The molecule has 17 unspecified atom stereocenters. The van der Waals surface area contributed by atoms with Gasteiger partial charge < -0.3 is 89.9 Å². The number of nitrogens with one attached hydrogen (secondary N) is 1. The number of aliphatic hydroxyl groups is 11. The zero-order chi connectivity index (χ0) is 78.1. The Morgan fingerprint density at radius 1 is 0.343 bits per heavy atom. The molecule has 0 aromatic rings. The van der Waals surface area contributed by atoms with E-state index in [0.717, 1.165) is 83.5 Å². The molecule has 0 bridgehead atoms. The summed E-state index contributed by atoms with van der Waals surface area (Å²) in [6, 6.07) is -0.892. The number of carbonyl (C=O) groups is 1. The van der Waals surface area contributed by atoms with Crippen molar-refractivity contribution in [3.05, 3.63) is 72.9 Å². The number of allylic oxidation sites excluding steroid dienone is 12. The third kappa shape index (κ3) is 47.2. The highest BCUT2D eigenvalue weighted by Crippen LogP contribution is 2.34. The van der Waals surface area contributed by atoms with Crippen molar-refractivity contribution >= 4 is 5.91 Å². The number of carbonyl (C=O) groups excluding carboxylic acids is 1. The molecule has 3 rings (SSSR count). The summed E-state index contributed by atoms with van der Waals surface area (Å²) < 4.78 is 34.6. The number of rotatable bonds is 71. The van der Waals surface area contributed by atoms with Gasteiger partial charge in [-0.3, -0.25) is 4.79 Å². The molecule has 19 heteroatoms. The van der Waals surface area contributed by atoms with Crippen molar-refractivity contribution in [3.63, 3.8) is 0 Å². The minimum Gasteiger partial charge on any atom is -0.394 e. The van der Waals surface area contributed by atoms with Crippen molar-refractivity contribution in [2.45, 2.75) is 458 Å². The summed E-state index contributed by atoms with van der Waals surface area (Å²) in [5.41, 5.74) is 0. The van der Waals surface area contributed by atoms with Crippen LogP contribution in [0.25, 0.3) is 0 Å². The second-order valence-corrected chi connectivity index (χ2v) is 31.3. The van der Waals surface area contributed by atoms with E-state index < -0.39 is 124 Å². The molecule has 0 aliphatic carbocycles. The standard InChI is InChI=1S/C89H161NO18/c1-3-5-7-9-11-13-15-17-19-21-23-25-27-29-31-33-34-35-36-37-38-39-41-43-45-47-49-51-53-55-57-59-61-63-65-67-77(95)90-72(73(94)66-64-62-60-58-56-54-52-50-48-46-44-42-40-32-30-28-26-24-22-20-18-16-14-12-10-8-6-4-2)71-103-87-83(101)80(98)85(75(69-92)105-87)108-89-84(102)81(99)86(76(70-93)106-89)107-88-82(100)79(97)78(96)74(68-91)104-88/h5,7,11,13,17,19,23,25,29,31,34-35,72-76,78-89,91-94,96-102H,3-4,6,8-10,12,14-16,18,20-22,24,26-28,30,32-33,36-71H2,1-2H3,(H,90,95)/b7-5-,13-11-,19-17-,25-23-,31-29-,35-34-. The fourth-order valence-corrected chi connectivity index (χ4v) is 14.8. The molecule has 0 saturated carbocycles. The number of amides is 1. The average molecular weight is 1530 g/mol. The number of hydrogen-bond acceptors (Lipinski definition) is 18. The fourth-order valence-electron chi connectivity index (χ4n) is 14.8. The highest BCUT2D eigenvalue weighted by molar-refractivity contribution is 5.76. The maximum atomic E-state index is 13.5. The lowest BCUT2D eigenvalue weighted by Crippen LogP contribution is -2.66. The van der Waals surface area contributed by atoms with Crippen molar-refractivity contribution in [2.75, 3.05) is 26.4 Å². The molecule has 12 N–H and O–H groups in total. The third-order valence-corrected chi connectivity index (χ3v) is 21.8. The highest BCUT2D eigenvalue weighted by Gasteiger charge is 2.54. The van der Waals surface area contributed by atoms with Crippen LogP contribution in [-0.2, 0) is 33.2 Å². The van der Waals surface area contributed by atoms with Gasteiger partial charge in [0.25, 0.3) is 0 Å². The first kappa shape index (κ1) is 99.4. The predicted octanol–water partition coefficient (Wildman–Crippen LogP) is 16.3. The van der Waals surface area contributed by atoms with E-state index in [-0.39, 0.29) is 18.9 Å². The third-order valence-electron chi connectivity index (χ3n) is 21.8. The average Bonchev–Trinajstić information content (AvgIpc) is 0.774. The van der Waals surface area contributed by atoms with Gasteiger partial charge in [0.1, 0.15) is 73.2 Å². The minimum absolute atomic E-state index is 0.239. The largest absolute Gasteiger partial charge is 0.394 e. The lowest BCUT2D eigenvalue weighted by molar-refractivity contribution is -0.379. The van der Waals surface area contributed by atoms with Crippen LogP contribution in [0.15, 0.2) is 72.9 Å². The van der Waals surface area contributed by atoms with Gasteiger partial charge in [-0.1, -0.05) is 356 Å². The second kappa shape index (κ2) is 68.6. The number of unbranched alkanes of at least 4 members (excludes halogenated alkanes) is 43. The van der Waals surface area contributed by atoms with Crippen LogP contribution in [0.2, 0.25) is 0 Å². The Balaban J connectivity index is 1.33. The summed E-state index contributed by atoms with van der Waals surface area (Å²) >= 11 is 0. The van der Waals surface area contributed by atoms with E-state index in [1.807, 2.05) is 0 Å². The zero-order valence-electron chi connectivity index (χ0n) is 67.8. The van der Waals surface area contributed by atoms with Gasteiger partial charge in [-0.05, 0) is 64.2 Å². The van der Waals surface area contributed by atoms with Crippen molar-refractivity contribution in [2.24, 2.45) is 0 Å². The van der Waals surface area contributed by atoms with Crippen molar-refractivity contribution in [3.8, 4) is 0 Å². The highest BCUT2D eigenvalue weighted by atomic mass is 16.8. The number of aliphatic hydroxyl groups excluding tert-OH is 11. The fraction of sp³-hybridized carbons (Fsp3) is 0.854. The van der Waals surface area contributed by atoms with Gasteiger partial charge in [0.05, 0.1) is 38.6 Å². The lowest BCUT2D eigenvalue weighted by Gasteiger charge is -2.48. The molecule has 3 heterocycles. The number of ether oxygens (including phenoxy) is 6. The smallest absolute Gasteiger partial charge is 0.220 e. The molecule has 630 valence electrons. The molecular formula is C89H161NO18. The minimum atomic E-state index is -1.98. The Bertz CT molecular complexity index is 2230. The second-order valence-electron chi connectivity index (χ2n) is 31.3. The predicted molar refractivity (Wildman–Crippen MR) is 434 cm³/mol. The normalized spacial score (nSPS) is 25.7. The maximum Gasteiger partial charge on any atom is 0.220 e. The molecule has 1 amide bonds. The van der Waals surface area contributed by atoms with Crippen molar-refractivity contribution in [1.82, 2.24) is 5.32 Å². The van der Waals surface area contributed by atoms with Gasteiger partial charge in [-0.25, -0.2) is 0 Å². The van der Waals surface area contributed by atoms with E-state index in [1.165, 1.54) is 238 Å². The first-order chi connectivity index (χ1) is 52.8. The summed E-state index contributed by atoms with van der Waals surface area (Å²) in [4.78, 5) is 13.5. The van der Waals surface area contributed by atoms with Crippen LogP contribution in [-0.4, -0.2) is 193 Å². The molecule has 3 aliphatic heterocycles. The summed E-state index contributed by atoms with van der Waals surface area (Å²) in [6.45, 7) is 1.74. The van der Waals surface area contributed by atoms with Crippen LogP contribution in [0.1, 0.15) is 354 Å². The van der Waals surface area contributed by atoms with E-state index in [1.54, 1.807) is 0 Å². The van der Waals surface area contributed by atoms with Crippen LogP contribution >= 0.6 is 0 Å². The van der Waals surface area contributed by atoms with Crippen LogP contribution < -0.4 is 5.32 Å². The number of hydrogen-bond donors (Lipinski definition) is 12. The summed E-state index contributed by atoms with van der Waals surface area (Å²) in [6.07, 6.45) is 64.2. The Kier molecular flexibility index (Phi) is 63.2. The van der Waals surface area contributed by atoms with Crippen LogP contribution in [0.5, 0.6) is 0 Å². The van der Waals surface area contributed by atoms with Gasteiger partial charge in [0, 0.05) is 6.42 Å². The van der Waals surface area contributed by atoms with E-state index in [9.17, 15) is 61.0 Å². The molecular weight excluding hydrogens is 1370 g/mol. The van der Waals surface area contributed by atoms with Gasteiger partial charge in [-0.2, -0.15) is 0 Å². The molecule has 0 spiro atoms. The van der Waals surface area contributed by atoms with Gasteiger partial charge in [0.15, 0.2) is 18.9 Å². The molecule has 3 fully saturated rings. The molecule has 3 saturated heterocycles. The van der Waals surface area contributed by atoms with Gasteiger partial charge in [0.2, 0.25) is 5.91 Å². The SMILES string of the molecule is CC/C=C\C/C=C\C/C=C\C/C=C\C/C=C\C/C=C\CCCCCCCCCCCCCCCCCCC(=O)NC(COC1OC(CO)C(OC2OC(CO)C(OC3OC(CO)C(O)C(O)C3O)C(O)C2O)C(O)C1O)C(O)CCCCCCCCCCCCCCCCCCCCCCCCCCCCCC. The van der Waals surface area contributed by atoms with Crippen LogP contribution in [0.3, 0.4) is 0 Å². The van der Waals surface area contributed by atoms with Crippen LogP contribution in [0.4, 0.5) is 0 Å². The maximum absolute atomic E-state index is 13.5. The molecule has 0 aromatic carbocycles. The quantitative estimate of drug-likeness (QED) is 0.0199. The Morgan fingerprint density at radius 3 is 1.00 bits per heavy atom. The zero-order valence-corrected chi connectivity index (χ0v) is 67.8.